The van der Waals surface area contributed by atoms with Crippen LogP contribution >= 0.6 is 0 Å². The van der Waals surface area contributed by atoms with Crippen molar-refractivity contribution in [1.29, 1.82) is 0 Å². The molecule has 1 heterocycles. The summed E-state index contributed by atoms with van der Waals surface area (Å²) in [6.45, 7) is 7.99. The number of aryl methyl sites for hydroxylation is 2. The number of rotatable bonds is 6. The van der Waals surface area contributed by atoms with Crippen LogP contribution in [0.3, 0.4) is 0 Å². The fraction of sp³-hybridized carbons (Fsp3) is 0.625. The van der Waals surface area contributed by atoms with E-state index in [4.69, 9.17) is 0 Å². The minimum Gasteiger partial charge on any atom is -0.385 e. The minimum atomic E-state index is 0.872. The summed E-state index contributed by atoms with van der Waals surface area (Å²) in [4.78, 5) is 0. The number of hydrogen-bond donors (Lipinski definition) is 2. The molecule has 1 aliphatic heterocycles. The van der Waals surface area contributed by atoms with Crippen LogP contribution in [0.15, 0.2) is 18.2 Å². The molecule has 0 bridgehead atoms. The van der Waals surface area contributed by atoms with Gasteiger partial charge < -0.3 is 10.6 Å². The molecule has 0 radical (unpaired) electrons. The van der Waals surface area contributed by atoms with E-state index in [1.54, 1.807) is 0 Å². The van der Waals surface area contributed by atoms with Gasteiger partial charge in [0.1, 0.15) is 0 Å². The second kappa shape index (κ2) is 6.79. The molecule has 0 aromatic heterocycles. The normalized spacial score (nSPS) is 19.1. The number of nitrogens with one attached hydrogen (secondary N) is 2. The van der Waals surface area contributed by atoms with Gasteiger partial charge in [-0.2, -0.15) is 0 Å². The van der Waals surface area contributed by atoms with Crippen LogP contribution in [0, 0.1) is 5.92 Å². The van der Waals surface area contributed by atoms with Crippen LogP contribution in [-0.4, -0.2) is 19.6 Å². The Hall–Kier alpha value is -1.02. The van der Waals surface area contributed by atoms with Crippen molar-refractivity contribution < 1.29 is 0 Å². The van der Waals surface area contributed by atoms with Crippen LogP contribution < -0.4 is 10.6 Å². The first kappa shape index (κ1) is 13.4. The summed E-state index contributed by atoms with van der Waals surface area (Å²) >= 11 is 0. The molecule has 2 N–H and O–H groups in total. The molecule has 0 spiro atoms. The number of anilines is 1. The summed E-state index contributed by atoms with van der Waals surface area (Å²) in [6, 6.07) is 6.68. The molecule has 100 valence electrons. The van der Waals surface area contributed by atoms with E-state index in [0.29, 0.717) is 0 Å². The van der Waals surface area contributed by atoms with Crippen LogP contribution in [0.4, 0.5) is 5.69 Å². The van der Waals surface area contributed by atoms with Gasteiger partial charge in [-0.1, -0.05) is 32.0 Å². The molecule has 0 aliphatic carbocycles. The molecular formula is C16H26N2. The van der Waals surface area contributed by atoms with Crippen molar-refractivity contribution in [3.05, 3.63) is 29.3 Å². The maximum absolute atomic E-state index is 3.68. The van der Waals surface area contributed by atoms with Crippen LogP contribution in [0.5, 0.6) is 0 Å². The zero-order chi connectivity index (χ0) is 12.8. The Labute approximate surface area is 111 Å². The summed E-state index contributed by atoms with van der Waals surface area (Å²) in [5.74, 6) is 0.872. The van der Waals surface area contributed by atoms with Gasteiger partial charge in [-0.15, -0.1) is 0 Å². The first-order valence-corrected chi connectivity index (χ1v) is 7.40. The standard InChI is InChI=1S/C16H26N2/c1-3-14-6-5-7-15(4-2)16(14)18-11-9-13-8-10-17-12-13/h5-7,13,17-18H,3-4,8-12H2,1-2H3. The smallest absolute Gasteiger partial charge is 0.0405 e. The van der Waals surface area contributed by atoms with Gasteiger partial charge in [0.05, 0.1) is 0 Å². The fourth-order valence-corrected chi connectivity index (χ4v) is 2.83. The van der Waals surface area contributed by atoms with Crippen molar-refractivity contribution in [1.82, 2.24) is 5.32 Å². The van der Waals surface area contributed by atoms with Crippen molar-refractivity contribution >= 4 is 5.69 Å². The Balaban J connectivity index is 1.94. The molecule has 1 atom stereocenters. The SMILES string of the molecule is CCc1cccc(CC)c1NCCC1CCNC1. The van der Waals surface area contributed by atoms with Crippen LogP contribution in [0.25, 0.3) is 0 Å². The molecule has 1 saturated heterocycles. The summed E-state index contributed by atoms with van der Waals surface area (Å²) in [7, 11) is 0. The molecule has 2 nitrogen and oxygen atoms in total. The quantitative estimate of drug-likeness (QED) is 0.805. The van der Waals surface area contributed by atoms with Crippen molar-refractivity contribution in [3.8, 4) is 0 Å². The predicted molar refractivity (Wildman–Crippen MR) is 79.3 cm³/mol. The van der Waals surface area contributed by atoms with E-state index in [-0.39, 0.29) is 0 Å². The molecular weight excluding hydrogens is 220 g/mol. The highest BCUT2D eigenvalue weighted by molar-refractivity contribution is 5.57. The monoisotopic (exact) mass is 246 g/mol. The van der Waals surface area contributed by atoms with E-state index in [2.05, 4.69) is 42.7 Å². The number of hydrogen-bond acceptors (Lipinski definition) is 2. The van der Waals surface area contributed by atoms with Gasteiger partial charge >= 0.3 is 0 Å². The minimum absolute atomic E-state index is 0.872. The van der Waals surface area contributed by atoms with Crippen molar-refractivity contribution in [2.45, 2.75) is 39.5 Å². The zero-order valence-electron chi connectivity index (χ0n) is 11.8. The molecule has 0 amide bonds. The Morgan fingerprint density at radius 1 is 1.22 bits per heavy atom. The van der Waals surface area contributed by atoms with E-state index in [1.165, 1.54) is 42.7 Å². The number of benzene rings is 1. The molecule has 1 unspecified atom stereocenters. The molecule has 2 heteroatoms. The van der Waals surface area contributed by atoms with Gasteiger partial charge in [-0.25, -0.2) is 0 Å². The van der Waals surface area contributed by atoms with Crippen molar-refractivity contribution in [2.24, 2.45) is 5.92 Å². The topological polar surface area (TPSA) is 24.1 Å². The Morgan fingerprint density at radius 3 is 2.50 bits per heavy atom. The van der Waals surface area contributed by atoms with Gasteiger partial charge in [0, 0.05) is 12.2 Å². The zero-order valence-corrected chi connectivity index (χ0v) is 11.8. The Morgan fingerprint density at radius 2 is 1.94 bits per heavy atom. The van der Waals surface area contributed by atoms with Crippen molar-refractivity contribution in [3.63, 3.8) is 0 Å². The van der Waals surface area contributed by atoms with Crippen LogP contribution in [-0.2, 0) is 12.8 Å². The fourth-order valence-electron chi connectivity index (χ4n) is 2.83. The van der Waals surface area contributed by atoms with Gasteiger partial charge in [-0.05, 0) is 55.8 Å². The number of para-hydroxylation sites is 1. The second-order valence-corrected chi connectivity index (χ2v) is 5.23. The second-order valence-electron chi connectivity index (χ2n) is 5.23. The molecule has 0 saturated carbocycles. The van der Waals surface area contributed by atoms with E-state index in [1.807, 2.05) is 0 Å². The molecule has 1 aliphatic rings. The first-order valence-electron chi connectivity index (χ1n) is 7.40. The highest BCUT2D eigenvalue weighted by atomic mass is 14.9. The first-order chi connectivity index (χ1) is 8.85. The van der Waals surface area contributed by atoms with Gasteiger partial charge in [-0.3, -0.25) is 0 Å². The highest BCUT2D eigenvalue weighted by Gasteiger charge is 2.14. The average molecular weight is 246 g/mol. The van der Waals surface area contributed by atoms with Crippen molar-refractivity contribution in [2.75, 3.05) is 25.0 Å². The van der Waals surface area contributed by atoms with Crippen LogP contribution in [0.2, 0.25) is 0 Å². The lowest BCUT2D eigenvalue weighted by Gasteiger charge is -2.16. The summed E-state index contributed by atoms with van der Waals surface area (Å²) in [5.41, 5.74) is 4.31. The molecule has 1 fully saturated rings. The maximum Gasteiger partial charge on any atom is 0.0405 e. The van der Waals surface area contributed by atoms with Gasteiger partial charge in [0.25, 0.3) is 0 Å². The largest absolute Gasteiger partial charge is 0.385 e. The van der Waals surface area contributed by atoms with Gasteiger partial charge in [0.2, 0.25) is 0 Å². The van der Waals surface area contributed by atoms with E-state index in [9.17, 15) is 0 Å². The predicted octanol–water partition coefficient (Wildman–Crippen LogP) is 3.22. The summed E-state index contributed by atoms with van der Waals surface area (Å²) in [5, 5.41) is 7.12. The lowest BCUT2D eigenvalue weighted by atomic mass is 10.0. The molecule has 2 rings (SSSR count). The van der Waals surface area contributed by atoms with E-state index in [0.717, 1.165) is 25.3 Å². The third-order valence-corrected chi connectivity index (χ3v) is 4.02. The highest BCUT2D eigenvalue weighted by Crippen LogP contribution is 2.23. The van der Waals surface area contributed by atoms with E-state index >= 15 is 0 Å². The van der Waals surface area contributed by atoms with E-state index < -0.39 is 0 Å². The third kappa shape index (κ3) is 3.26. The lowest BCUT2D eigenvalue weighted by Crippen LogP contribution is -2.14. The summed E-state index contributed by atoms with van der Waals surface area (Å²) < 4.78 is 0. The average Bonchev–Trinajstić information content (AvgIpc) is 2.92. The Bertz CT molecular complexity index is 345. The van der Waals surface area contributed by atoms with Gasteiger partial charge in [0.15, 0.2) is 0 Å². The lowest BCUT2D eigenvalue weighted by molar-refractivity contribution is 0.549. The summed E-state index contributed by atoms with van der Waals surface area (Å²) in [6.07, 6.45) is 4.86. The Kier molecular flexibility index (Phi) is 5.06. The third-order valence-electron chi connectivity index (χ3n) is 4.02. The molecule has 18 heavy (non-hydrogen) atoms. The molecule has 1 aromatic rings. The molecule has 1 aromatic carbocycles. The van der Waals surface area contributed by atoms with Crippen LogP contribution in [0.1, 0.15) is 37.8 Å². The maximum atomic E-state index is 3.68.